The molecule has 0 heterocycles. The quantitative estimate of drug-likeness (QED) is 0.833. The summed E-state index contributed by atoms with van der Waals surface area (Å²) in [5.41, 5.74) is 2.48. The van der Waals surface area contributed by atoms with Gasteiger partial charge < -0.3 is 5.11 Å². The highest BCUT2D eigenvalue weighted by Crippen LogP contribution is 2.27. The van der Waals surface area contributed by atoms with Gasteiger partial charge in [0.05, 0.1) is 0 Å². The first-order valence-electron chi connectivity index (χ1n) is 4.62. The highest BCUT2D eigenvalue weighted by molar-refractivity contribution is 9.10. The first kappa shape index (κ1) is 12.0. The molecule has 2 aromatic rings. The summed E-state index contributed by atoms with van der Waals surface area (Å²) >= 11 is 3.53. The number of hydrogen-bond donors (Lipinski definition) is 1. The summed E-state index contributed by atoms with van der Waals surface area (Å²) in [6.07, 6.45) is 0. The maximum absolute atomic E-state index is 7.00. The minimum Gasteiger partial charge on any atom is -0.400 e. The van der Waals surface area contributed by atoms with Crippen LogP contribution in [0, 0.1) is 0 Å². The predicted molar refractivity (Wildman–Crippen MR) is 67.7 cm³/mol. The highest BCUT2D eigenvalue weighted by Gasteiger charge is 1.99. The zero-order valence-electron chi connectivity index (χ0n) is 8.52. The Balaban J connectivity index is 0.000000531. The molecule has 1 N–H and O–H groups in total. The average molecular weight is 265 g/mol. The summed E-state index contributed by atoms with van der Waals surface area (Å²) in [6.45, 7) is 0. The first-order valence-corrected chi connectivity index (χ1v) is 5.42. The smallest absolute Gasteiger partial charge is 0.0319 e. The fourth-order valence-corrected chi connectivity index (χ4v) is 1.83. The summed E-state index contributed by atoms with van der Waals surface area (Å²) < 4.78 is 1.14. The number of rotatable bonds is 1. The third-order valence-electron chi connectivity index (χ3n) is 1.96. The van der Waals surface area contributed by atoms with Crippen molar-refractivity contribution < 1.29 is 5.11 Å². The third kappa shape index (κ3) is 3.18. The molecule has 0 aliphatic heterocycles. The molecule has 0 aliphatic rings. The molecule has 0 saturated heterocycles. The first-order chi connectivity index (χ1) is 7.38. The Morgan fingerprint density at radius 1 is 0.800 bits per heavy atom. The van der Waals surface area contributed by atoms with Crippen molar-refractivity contribution >= 4 is 15.9 Å². The lowest BCUT2D eigenvalue weighted by atomic mass is 10.1. The van der Waals surface area contributed by atoms with Gasteiger partial charge in [0.1, 0.15) is 0 Å². The Morgan fingerprint density at radius 2 is 1.33 bits per heavy atom. The van der Waals surface area contributed by atoms with E-state index in [2.05, 4.69) is 52.3 Å². The van der Waals surface area contributed by atoms with E-state index in [4.69, 9.17) is 5.11 Å². The van der Waals surface area contributed by atoms with E-state index in [-0.39, 0.29) is 0 Å². The molecule has 0 aromatic heterocycles. The number of aliphatic hydroxyl groups excluding tert-OH is 1. The van der Waals surface area contributed by atoms with Crippen LogP contribution in [0.2, 0.25) is 0 Å². The van der Waals surface area contributed by atoms with Gasteiger partial charge in [-0.25, -0.2) is 0 Å². The molecule has 0 spiro atoms. The summed E-state index contributed by atoms with van der Waals surface area (Å²) in [6, 6.07) is 18.6. The standard InChI is InChI=1S/C12H9Br.CH4O/c13-12-9-5-4-8-11(12)10-6-2-1-3-7-10;1-2/h1-9H;2H,1H3. The van der Waals surface area contributed by atoms with Crippen LogP contribution in [0.5, 0.6) is 0 Å². The molecule has 2 aromatic carbocycles. The van der Waals surface area contributed by atoms with Crippen LogP contribution >= 0.6 is 15.9 Å². The molecule has 2 heteroatoms. The van der Waals surface area contributed by atoms with Crippen molar-refractivity contribution in [3.63, 3.8) is 0 Å². The van der Waals surface area contributed by atoms with Crippen LogP contribution in [0.3, 0.4) is 0 Å². The van der Waals surface area contributed by atoms with Crippen molar-refractivity contribution in [2.45, 2.75) is 0 Å². The van der Waals surface area contributed by atoms with Gasteiger partial charge in [-0.2, -0.15) is 0 Å². The van der Waals surface area contributed by atoms with Gasteiger partial charge in [0, 0.05) is 11.6 Å². The van der Waals surface area contributed by atoms with Crippen molar-refractivity contribution in [3.8, 4) is 11.1 Å². The van der Waals surface area contributed by atoms with Gasteiger partial charge in [-0.05, 0) is 17.2 Å². The lowest BCUT2D eigenvalue weighted by molar-refractivity contribution is 0.399. The second-order valence-electron chi connectivity index (χ2n) is 2.85. The molecule has 0 unspecified atom stereocenters. The minimum absolute atomic E-state index is 1.00. The van der Waals surface area contributed by atoms with Crippen LogP contribution in [0.1, 0.15) is 0 Å². The molecule has 1 nitrogen and oxygen atoms in total. The van der Waals surface area contributed by atoms with Gasteiger partial charge in [-0.3, -0.25) is 0 Å². The maximum Gasteiger partial charge on any atom is 0.0319 e. The number of aliphatic hydroxyl groups is 1. The summed E-state index contributed by atoms with van der Waals surface area (Å²) in [4.78, 5) is 0. The van der Waals surface area contributed by atoms with Crippen molar-refractivity contribution in [2.75, 3.05) is 7.11 Å². The van der Waals surface area contributed by atoms with Crippen molar-refractivity contribution in [1.82, 2.24) is 0 Å². The van der Waals surface area contributed by atoms with Crippen LogP contribution in [-0.2, 0) is 0 Å². The maximum atomic E-state index is 7.00. The lowest BCUT2D eigenvalue weighted by Crippen LogP contribution is -1.77. The van der Waals surface area contributed by atoms with Crippen LogP contribution in [0.4, 0.5) is 0 Å². The second-order valence-corrected chi connectivity index (χ2v) is 3.70. The summed E-state index contributed by atoms with van der Waals surface area (Å²) in [5, 5.41) is 7.00. The molecule has 0 amide bonds. The molecular formula is C13H13BrO. The van der Waals surface area contributed by atoms with Gasteiger partial charge in [0.2, 0.25) is 0 Å². The van der Waals surface area contributed by atoms with Crippen molar-refractivity contribution in [2.24, 2.45) is 0 Å². The highest BCUT2D eigenvalue weighted by atomic mass is 79.9. The zero-order valence-corrected chi connectivity index (χ0v) is 10.1. The monoisotopic (exact) mass is 264 g/mol. The number of hydrogen-bond acceptors (Lipinski definition) is 1. The van der Waals surface area contributed by atoms with E-state index >= 15 is 0 Å². The van der Waals surface area contributed by atoms with Crippen molar-refractivity contribution in [1.29, 1.82) is 0 Å². The van der Waals surface area contributed by atoms with E-state index in [9.17, 15) is 0 Å². The fourth-order valence-electron chi connectivity index (χ4n) is 1.31. The van der Waals surface area contributed by atoms with E-state index in [0.717, 1.165) is 11.6 Å². The van der Waals surface area contributed by atoms with Crippen molar-refractivity contribution in [3.05, 3.63) is 59.1 Å². The Morgan fingerprint density at radius 3 is 1.93 bits per heavy atom. The SMILES string of the molecule is Brc1ccccc1-c1ccccc1.CO. The topological polar surface area (TPSA) is 20.2 Å². The second kappa shape index (κ2) is 6.38. The average Bonchev–Trinajstić information content (AvgIpc) is 2.33. The Labute approximate surface area is 98.5 Å². The van der Waals surface area contributed by atoms with Crippen LogP contribution in [0.15, 0.2) is 59.1 Å². The molecule has 0 saturated carbocycles. The summed E-state index contributed by atoms with van der Waals surface area (Å²) in [5.74, 6) is 0. The largest absolute Gasteiger partial charge is 0.400 e. The van der Waals surface area contributed by atoms with Crippen LogP contribution in [-0.4, -0.2) is 12.2 Å². The van der Waals surface area contributed by atoms with E-state index in [0.29, 0.717) is 0 Å². The fraction of sp³-hybridized carbons (Fsp3) is 0.0769. The number of halogens is 1. The van der Waals surface area contributed by atoms with Gasteiger partial charge in [-0.15, -0.1) is 0 Å². The van der Waals surface area contributed by atoms with Gasteiger partial charge in [0.15, 0.2) is 0 Å². The van der Waals surface area contributed by atoms with E-state index in [1.54, 1.807) is 0 Å². The van der Waals surface area contributed by atoms with Crippen LogP contribution in [0.25, 0.3) is 11.1 Å². The molecular weight excluding hydrogens is 252 g/mol. The van der Waals surface area contributed by atoms with E-state index in [1.165, 1.54) is 11.1 Å². The van der Waals surface area contributed by atoms with Gasteiger partial charge in [0.25, 0.3) is 0 Å². The molecule has 0 aliphatic carbocycles. The van der Waals surface area contributed by atoms with Gasteiger partial charge in [-0.1, -0.05) is 64.5 Å². The molecule has 0 bridgehead atoms. The lowest BCUT2D eigenvalue weighted by Gasteiger charge is -2.02. The van der Waals surface area contributed by atoms with Crippen LogP contribution < -0.4 is 0 Å². The molecule has 78 valence electrons. The molecule has 15 heavy (non-hydrogen) atoms. The Kier molecular flexibility index (Phi) is 5.08. The Bertz CT molecular complexity index is 398. The van der Waals surface area contributed by atoms with E-state index < -0.39 is 0 Å². The Hall–Kier alpha value is -1.12. The molecule has 2 rings (SSSR count). The summed E-state index contributed by atoms with van der Waals surface area (Å²) in [7, 11) is 1.00. The minimum atomic E-state index is 1.00. The molecule has 0 radical (unpaired) electrons. The normalized spacial score (nSPS) is 9.00. The molecule has 0 atom stereocenters. The zero-order chi connectivity index (χ0) is 11.1. The number of benzene rings is 2. The molecule has 0 fully saturated rings. The third-order valence-corrected chi connectivity index (χ3v) is 2.65. The van der Waals surface area contributed by atoms with E-state index in [1.807, 2.05) is 18.2 Å². The van der Waals surface area contributed by atoms with Gasteiger partial charge >= 0.3 is 0 Å². The predicted octanol–water partition coefficient (Wildman–Crippen LogP) is 3.72.